The summed E-state index contributed by atoms with van der Waals surface area (Å²) in [4.78, 5) is 40.3. The Labute approximate surface area is 347 Å². The third-order valence-corrected chi connectivity index (χ3v) is 12.5. The number of nitriles is 1. The molecule has 15 heteroatoms. The lowest BCUT2D eigenvalue weighted by molar-refractivity contribution is -0.151. The first-order valence-electron chi connectivity index (χ1n) is 19.0. The lowest BCUT2D eigenvalue weighted by Crippen LogP contribution is -2.58. The molecule has 308 valence electrons. The number of nitrogens with zero attached hydrogens (tertiary/aromatic N) is 2. The van der Waals surface area contributed by atoms with Gasteiger partial charge in [0, 0.05) is 24.6 Å². The minimum Gasteiger partial charge on any atom is -0.387 e. The smallest absolute Gasteiger partial charge is 0.331 e. The molecule has 2 heterocycles. The number of carbonyl (C=O) groups excluding carboxylic acids is 1. The summed E-state index contributed by atoms with van der Waals surface area (Å²) in [5.74, 6) is 0.280. The highest BCUT2D eigenvalue weighted by Gasteiger charge is 2.65. The van der Waals surface area contributed by atoms with Gasteiger partial charge in [-0.05, 0) is 43.0 Å². The van der Waals surface area contributed by atoms with Crippen LogP contribution in [0.15, 0.2) is 143 Å². The minimum absolute atomic E-state index is 0.0956. The van der Waals surface area contributed by atoms with Gasteiger partial charge in [0.2, 0.25) is 0 Å². The second-order valence-corrected chi connectivity index (χ2v) is 17.2. The van der Waals surface area contributed by atoms with Crippen molar-refractivity contribution < 1.29 is 33.5 Å². The Morgan fingerprint density at radius 1 is 0.915 bits per heavy atom. The third kappa shape index (κ3) is 9.50. The number of thioether (sulfide) groups is 1. The van der Waals surface area contributed by atoms with Crippen LogP contribution in [-0.2, 0) is 41.2 Å². The van der Waals surface area contributed by atoms with Crippen molar-refractivity contribution in [2.75, 3.05) is 25.6 Å². The molecule has 1 fully saturated rings. The molecule has 0 bridgehead atoms. The van der Waals surface area contributed by atoms with Crippen LogP contribution in [0.25, 0.3) is 0 Å². The SMILES string of the molecule is CC(C)(COC(c1ccccc1)(c1ccccc1)c1ccccc1)C(=O)SCCOP(NCc1ccccc1)OCC1OC(C#N)(n2ccc(=O)[nH]c2=O)C(C)(O)C1O. The summed E-state index contributed by atoms with van der Waals surface area (Å²) in [6, 6.07) is 42.2. The fourth-order valence-electron chi connectivity index (χ4n) is 6.84. The quantitative estimate of drug-likeness (QED) is 0.0490. The summed E-state index contributed by atoms with van der Waals surface area (Å²) in [5.41, 5.74) is -4.56. The summed E-state index contributed by atoms with van der Waals surface area (Å²) in [6.07, 6.45) is -1.96. The van der Waals surface area contributed by atoms with E-state index in [2.05, 4.69) is 5.09 Å². The van der Waals surface area contributed by atoms with E-state index >= 15 is 0 Å². The number of aromatic amines is 1. The number of ether oxygens (including phenoxy) is 2. The maximum absolute atomic E-state index is 13.8. The normalized spacial score (nSPS) is 21.2. The van der Waals surface area contributed by atoms with E-state index in [0.717, 1.165) is 57.8 Å². The van der Waals surface area contributed by atoms with Gasteiger partial charge in [0.15, 0.2) is 10.7 Å². The predicted molar refractivity (Wildman–Crippen MR) is 225 cm³/mol. The van der Waals surface area contributed by atoms with E-state index in [1.165, 1.54) is 0 Å². The van der Waals surface area contributed by atoms with Crippen LogP contribution in [0.4, 0.5) is 0 Å². The summed E-state index contributed by atoms with van der Waals surface area (Å²) >= 11 is 1.12. The summed E-state index contributed by atoms with van der Waals surface area (Å²) in [5, 5.41) is 35.8. The zero-order valence-electron chi connectivity index (χ0n) is 32.9. The van der Waals surface area contributed by atoms with Gasteiger partial charge in [-0.15, -0.1) is 0 Å². The molecule has 5 aromatic rings. The van der Waals surface area contributed by atoms with E-state index in [9.17, 15) is 29.9 Å². The van der Waals surface area contributed by atoms with Crippen LogP contribution in [0.1, 0.15) is 43.0 Å². The molecule has 0 spiro atoms. The van der Waals surface area contributed by atoms with Crippen LogP contribution < -0.4 is 16.3 Å². The Balaban J connectivity index is 1.12. The second kappa shape index (κ2) is 19.1. The molecule has 5 atom stereocenters. The van der Waals surface area contributed by atoms with Gasteiger partial charge in [-0.2, -0.15) is 5.26 Å². The molecule has 4 aromatic carbocycles. The maximum Gasteiger partial charge on any atom is 0.331 e. The van der Waals surface area contributed by atoms with Gasteiger partial charge < -0.3 is 28.7 Å². The number of rotatable bonds is 18. The molecule has 0 saturated carbocycles. The highest BCUT2D eigenvalue weighted by Crippen LogP contribution is 2.45. The summed E-state index contributed by atoms with van der Waals surface area (Å²) in [6.45, 7) is 5.09. The van der Waals surface area contributed by atoms with Crippen LogP contribution in [0.2, 0.25) is 0 Å². The van der Waals surface area contributed by atoms with Crippen molar-refractivity contribution in [2.45, 2.75) is 56.5 Å². The van der Waals surface area contributed by atoms with E-state index in [1.807, 2.05) is 146 Å². The van der Waals surface area contributed by atoms with Gasteiger partial charge >= 0.3 is 5.69 Å². The minimum atomic E-state index is -2.39. The van der Waals surface area contributed by atoms with Crippen molar-refractivity contribution in [3.63, 3.8) is 0 Å². The Hall–Kier alpha value is -4.78. The van der Waals surface area contributed by atoms with Crippen molar-refractivity contribution in [1.82, 2.24) is 14.6 Å². The molecule has 0 aliphatic carbocycles. The van der Waals surface area contributed by atoms with Crippen LogP contribution in [0, 0.1) is 16.7 Å². The van der Waals surface area contributed by atoms with E-state index in [-0.39, 0.29) is 30.7 Å². The molecule has 1 aliphatic heterocycles. The predicted octanol–water partition coefficient (Wildman–Crippen LogP) is 5.57. The van der Waals surface area contributed by atoms with Crippen molar-refractivity contribution in [3.05, 3.63) is 177 Å². The second-order valence-electron chi connectivity index (χ2n) is 14.8. The lowest BCUT2D eigenvalue weighted by atomic mass is 9.79. The summed E-state index contributed by atoms with van der Waals surface area (Å²) < 4.78 is 25.8. The monoisotopic (exact) mass is 838 g/mol. The van der Waals surface area contributed by atoms with Crippen LogP contribution in [0.5, 0.6) is 0 Å². The third-order valence-electron chi connectivity index (χ3n) is 10.1. The molecule has 59 heavy (non-hydrogen) atoms. The Morgan fingerprint density at radius 3 is 1.98 bits per heavy atom. The molecular weight excluding hydrogens is 792 g/mol. The fourth-order valence-corrected chi connectivity index (χ4v) is 8.87. The zero-order valence-corrected chi connectivity index (χ0v) is 34.6. The number of carbonyl (C=O) groups is 1. The Kier molecular flexibility index (Phi) is 14.2. The number of H-pyrrole nitrogens is 1. The number of aromatic nitrogens is 2. The number of hydrogen-bond acceptors (Lipinski definition) is 12. The highest BCUT2D eigenvalue weighted by molar-refractivity contribution is 8.13. The largest absolute Gasteiger partial charge is 0.387 e. The first-order chi connectivity index (χ1) is 28.3. The molecule has 1 aliphatic rings. The molecule has 5 unspecified atom stereocenters. The van der Waals surface area contributed by atoms with Crippen molar-refractivity contribution >= 4 is 25.4 Å². The van der Waals surface area contributed by atoms with E-state index < -0.39 is 54.3 Å². The van der Waals surface area contributed by atoms with Gasteiger partial charge in [-0.1, -0.05) is 133 Å². The molecule has 6 rings (SSSR count). The van der Waals surface area contributed by atoms with Crippen LogP contribution in [0.3, 0.4) is 0 Å². The fraction of sp³-hybridized carbons (Fsp3) is 0.318. The molecular formula is C44H47N4O9PS. The van der Waals surface area contributed by atoms with E-state index in [0.29, 0.717) is 6.54 Å². The number of aliphatic hydroxyl groups is 2. The molecule has 0 amide bonds. The Morgan fingerprint density at radius 2 is 1.46 bits per heavy atom. The van der Waals surface area contributed by atoms with Gasteiger partial charge in [-0.3, -0.25) is 19.1 Å². The van der Waals surface area contributed by atoms with Crippen LogP contribution in [-0.4, -0.2) is 68.3 Å². The number of benzene rings is 4. The number of aliphatic hydroxyl groups excluding tert-OH is 1. The topological polar surface area (TPSA) is 185 Å². The first kappa shape index (κ1) is 43.8. The van der Waals surface area contributed by atoms with Gasteiger partial charge in [0.05, 0.1) is 25.2 Å². The van der Waals surface area contributed by atoms with Gasteiger partial charge in [0.25, 0.3) is 19.8 Å². The molecule has 1 saturated heterocycles. The maximum atomic E-state index is 13.8. The van der Waals surface area contributed by atoms with Crippen molar-refractivity contribution in [2.24, 2.45) is 5.41 Å². The Bertz CT molecular complexity index is 2210. The van der Waals surface area contributed by atoms with Crippen molar-refractivity contribution in [1.29, 1.82) is 5.26 Å². The van der Waals surface area contributed by atoms with E-state index in [4.69, 9.17) is 18.5 Å². The van der Waals surface area contributed by atoms with Crippen LogP contribution >= 0.6 is 20.3 Å². The van der Waals surface area contributed by atoms with Gasteiger partial charge in [0.1, 0.15) is 23.9 Å². The number of nitrogens with one attached hydrogen (secondary N) is 2. The van der Waals surface area contributed by atoms with E-state index in [1.54, 1.807) is 0 Å². The molecule has 13 nitrogen and oxygen atoms in total. The lowest BCUT2D eigenvalue weighted by Gasteiger charge is -2.38. The molecule has 0 radical (unpaired) electrons. The summed E-state index contributed by atoms with van der Waals surface area (Å²) in [7, 11) is -1.88. The number of hydrogen-bond donors (Lipinski definition) is 4. The standard InChI is InChI=1S/C44H47N4O9PS/c1-41(2,31-54-44(33-18-10-5-11-19-33,34-20-12-6-13-21-34)35-22-14-7-15-23-35)39(51)59-27-26-55-58(46-28-32-16-8-4-9-17-32)56-29-36-38(50)42(3,53)43(30-45,57-36)48-25-24-37(49)47-40(48)52/h4-25,36,38,46,50,53H,26-29,31H2,1-3H3,(H,47,49,52). The highest BCUT2D eigenvalue weighted by atomic mass is 32.2. The average molecular weight is 839 g/mol. The average Bonchev–Trinajstić information content (AvgIpc) is 3.45. The van der Waals surface area contributed by atoms with Gasteiger partial charge in [-0.25, -0.2) is 9.88 Å². The first-order valence-corrected chi connectivity index (χ1v) is 21.1. The molecule has 1 aromatic heterocycles. The van der Waals surface area contributed by atoms with Crippen molar-refractivity contribution in [3.8, 4) is 6.07 Å². The zero-order chi connectivity index (χ0) is 42.1. The molecule has 4 N–H and O–H groups in total.